The van der Waals surface area contributed by atoms with Gasteiger partial charge in [0.05, 0.1) is 12.2 Å². The van der Waals surface area contributed by atoms with Gasteiger partial charge in [0.1, 0.15) is 0 Å². The summed E-state index contributed by atoms with van der Waals surface area (Å²) in [6.45, 7) is -0.0658. The number of nitrogens with one attached hydrogen (secondary N) is 1. The van der Waals surface area contributed by atoms with Crippen LogP contribution in [0.5, 0.6) is 0 Å². The van der Waals surface area contributed by atoms with Crippen molar-refractivity contribution in [3.8, 4) is 0 Å². The minimum absolute atomic E-state index is 0.222. The Kier molecular flexibility index (Phi) is 5.91. The molecule has 160 valence electrons. The normalized spacial score (nSPS) is 12.0. The van der Waals surface area contributed by atoms with Crippen LogP contribution in [0, 0.1) is 0 Å². The lowest BCUT2D eigenvalue weighted by Crippen LogP contribution is -2.23. The lowest BCUT2D eigenvalue weighted by atomic mass is 9.84. The number of esters is 1. The zero-order chi connectivity index (χ0) is 22.7. The molecule has 0 aromatic heterocycles. The van der Waals surface area contributed by atoms with Crippen molar-refractivity contribution in [2.75, 3.05) is 19.0 Å². The number of hydrogen-bond donors (Lipinski definition) is 1. The smallest absolute Gasteiger partial charge is 0.338 e. The molecular weight excluding hydrogens is 410 g/mol. The Morgan fingerprint density at radius 1 is 0.812 bits per heavy atom. The quantitative estimate of drug-likeness (QED) is 0.472. The number of anilines is 1. The van der Waals surface area contributed by atoms with Crippen LogP contribution in [0.2, 0.25) is 0 Å². The summed E-state index contributed by atoms with van der Waals surface area (Å²) in [5.41, 5.74) is 2.76. The highest BCUT2D eigenvalue weighted by atomic mass is 16.5. The molecule has 3 aromatic rings. The monoisotopic (exact) mass is 429 g/mol. The summed E-state index contributed by atoms with van der Waals surface area (Å²) in [5.74, 6) is -1.72. The number of carbonyl (C=O) groups excluding carboxylic acids is 4. The third-order valence-electron chi connectivity index (χ3n) is 5.04. The molecule has 1 amide bonds. The van der Waals surface area contributed by atoms with E-state index in [4.69, 9.17) is 9.47 Å². The Morgan fingerprint density at radius 2 is 1.44 bits per heavy atom. The van der Waals surface area contributed by atoms with Crippen molar-refractivity contribution in [3.63, 3.8) is 0 Å². The molecule has 0 heterocycles. The van der Waals surface area contributed by atoms with Crippen molar-refractivity contribution in [1.82, 2.24) is 0 Å². The summed E-state index contributed by atoms with van der Waals surface area (Å²) in [6.07, 6.45) is 0. The van der Waals surface area contributed by atoms with Crippen LogP contribution in [0.3, 0.4) is 0 Å². The number of methoxy groups -OCH3 is 1. The van der Waals surface area contributed by atoms with E-state index in [2.05, 4.69) is 5.32 Å². The molecule has 0 atom stereocenters. The summed E-state index contributed by atoms with van der Waals surface area (Å²) in [5, 5.41) is 2.59. The van der Waals surface area contributed by atoms with E-state index < -0.39 is 18.5 Å². The lowest BCUT2D eigenvalue weighted by molar-refractivity contribution is -0.119. The van der Waals surface area contributed by atoms with Gasteiger partial charge in [0, 0.05) is 35.1 Å². The predicted molar refractivity (Wildman–Crippen MR) is 116 cm³/mol. The number of rotatable bonds is 6. The number of ketones is 2. The number of carbonyl (C=O) groups is 4. The zero-order valence-corrected chi connectivity index (χ0v) is 17.2. The van der Waals surface area contributed by atoms with Gasteiger partial charge in [-0.1, -0.05) is 36.4 Å². The molecule has 32 heavy (non-hydrogen) atoms. The van der Waals surface area contributed by atoms with E-state index in [0.29, 0.717) is 29.0 Å². The first kappa shape index (κ1) is 21.1. The lowest BCUT2D eigenvalue weighted by Gasteiger charge is -2.18. The van der Waals surface area contributed by atoms with Crippen LogP contribution in [-0.2, 0) is 20.9 Å². The molecule has 0 bridgehead atoms. The van der Waals surface area contributed by atoms with Crippen molar-refractivity contribution in [2.45, 2.75) is 6.61 Å². The average Bonchev–Trinajstić information content (AvgIpc) is 2.81. The van der Waals surface area contributed by atoms with E-state index in [9.17, 15) is 19.2 Å². The topological polar surface area (TPSA) is 98.8 Å². The van der Waals surface area contributed by atoms with Crippen LogP contribution in [0.1, 0.15) is 47.8 Å². The van der Waals surface area contributed by atoms with Gasteiger partial charge < -0.3 is 14.8 Å². The molecule has 1 N–H and O–H groups in total. The van der Waals surface area contributed by atoms with E-state index >= 15 is 0 Å². The number of hydrogen-bond acceptors (Lipinski definition) is 6. The average molecular weight is 429 g/mol. The Morgan fingerprint density at radius 3 is 2.09 bits per heavy atom. The Bertz CT molecular complexity index is 1230. The van der Waals surface area contributed by atoms with Crippen molar-refractivity contribution in [1.29, 1.82) is 0 Å². The largest absolute Gasteiger partial charge is 0.452 e. The molecule has 0 unspecified atom stereocenters. The first-order valence-corrected chi connectivity index (χ1v) is 9.85. The fraction of sp³-hybridized carbons (Fsp3) is 0.120. The second-order valence-corrected chi connectivity index (χ2v) is 7.22. The molecule has 0 fully saturated rings. The third-order valence-corrected chi connectivity index (χ3v) is 5.04. The van der Waals surface area contributed by atoms with Gasteiger partial charge in [0.15, 0.2) is 18.2 Å². The van der Waals surface area contributed by atoms with Crippen molar-refractivity contribution >= 4 is 29.1 Å². The molecule has 3 aromatic carbocycles. The fourth-order valence-electron chi connectivity index (χ4n) is 3.49. The number of ether oxygens (including phenoxy) is 2. The summed E-state index contributed by atoms with van der Waals surface area (Å²) in [7, 11) is 1.58. The van der Waals surface area contributed by atoms with Crippen LogP contribution in [0.4, 0.5) is 5.69 Å². The highest BCUT2D eigenvalue weighted by Gasteiger charge is 2.29. The molecule has 0 saturated carbocycles. The van der Waals surface area contributed by atoms with Crippen LogP contribution < -0.4 is 5.32 Å². The minimum atomic E-state index is -0.632. The molecule has 0 radical (unpaired) electrons. The summed E-state index contributed by atoms with van der Waals surface area (Å²) >= 11 is 0. The number of fused-ring (bicyclic) bond motifs is 2. The van der Waals surface area contributed by atoms with Crippen LogP contribution in [0.15, 0.2) is 66.7 Å². The van der Waals surface area contributed by atoms with Gasteiger partial charge in [-0.05, 0) is 35.9 Å². The highest BCUT2D eigenvalue weighted by Crippen LogP contribution is 2.29. The van der Waals surface area contributed by atoms with Gasteiger partial charge in [-0.3, -0.25) is 14.4 Å². The second-order valence-electron chi connectivity index (χ2n) is 7.22. The van der Waals surface area contributed by atoms with E-state index in [1.54, 1.807) is 55.6 Å². The van der Waals surface area contributed by atoms with Gasteiger partial charge >= 0.3 is 5.97 Å². The third kappa shape index (κ3) is 4.19. The van der Waals surface area contributed by atoms with Crippen molar-refractivity contribution < 1.29 is 28.7 Å². The van der Waals surface area contributed by atoms with Gasteiger partial charge in [-0.2, -0.15) is 0 Å². The van der Waals surface area contributed by atoms with Crippen molar-refractivity contribution in [2.24, 2.45) is 0 Å². The molecule has 4 rings (SSSR count). The summed E-state index contributed by atoms with van der Waals surface area (Å²) in [6, 6.07) is 17.8. The molecule has 0 aliphatic heterocycles. The van der Waals surface area contributed by atoms with Crippen LogP contribution in [-0.4, -0.2) is 37.2 Å². The fourth-order valence-corrected chi connectivity index (χ4v) is 3.49. The molecule has 0 saturated heterocycles. The Balaban J connectivity index is 1.40. The van der Waals surface area contributed by atoms with Crippen LogP contribution in [0.25, 0.3) is 0 Å². The summed E-state index contributed by atoms with van der Waals surface area (Å²) in [4.78, 5) is 49.8. The van der Waals surface area contributed by atoms with Gasteiger partial charge in [0.2, 0.25) is 0 Å². The molecule has 7 nitrogen and oxygen atoms in total. The van der Waals surface area contributed by atoms with E-state index in [1.807, 2.05) is 0 Å². The maximum atomic E-state index is 12.8. The zero-order valence-electron chi connectivity index (χ0n) is 17.2. The predicted octanol–water partition coefficient (Wildman–Crippen LogP) is 3.40. The van der Waals surface area contributed by atoms with E-state index in [1.165, 1.54) is 18.2 Å². The van der Waals surface area contributed by atoms with E-state index in [-0.39, 0.29) is 22.7 Å². The number of amides is 1. The van der Waals surface area contributed by atoms with E-state index in [0.717, 1.165) is 5.56 Å². The van der Waals surface area contributed by atoms with Gasteiger partial charge in [0.25, 0.3) is 5.91 Å². The molecule has 1 aliphatic carbocycles. The first-order chi connectivity index (χ1) is 15.5. The molecule has 1 aliphatic rings. The SMILES string of the molecule is COCc1ccc(C(=O)OCC(=O)Nc2ccc3c(c2)C(=O)c2ccccc2C3=O)cc1. The minimum Gasteiger partial charge on any atom is -0.452 e. The second kappa shape index (κ2) is 8.95. The summed E-state index contributed by atoms with van der Waals surface area (Å²) < 4.78 is 10.1. The maximum Gasteiger partial charge on any atom is 0.338 e. The van der Waals surface area contributed by atoms with Gasteiger partial charge in [-0.25, -0.2) is 4.79 Å². The molecule has 0 spiro atoms. The van der Waals surface area contributed by atoms with Crippen LogP contribution >= 0.6 is 0 Å². The molecule has 7 heteroatoms. The standard InChI is InChI=1S/C25H19NO6/c1-31-13-15-6-8-16(9-7-15)25(30)32-14-22(27)26-17-10-11-20-21(12-17)24(29)19-5-3-2-4-18(19)23(20)28/h2-12H,13-14H2,1H3,(H,26,27). The highest BCUT2D eigenvalue weighted by molar-refractivity contribution is 6.28. The Labute approximate surface area is 184 Å². The van der Waals surface area contributed by atoms with Gasteiger partial charge in [-0.15, -0.1) is 0 Å². The molecular formula is C25H19NO6. The Hall–Kier alpha value is -4.10. The maximum absolute atomic E-state index is 12.8. The first-order valence-electron chi connectivity index (χ1n) is 9.85. The van der Waals surface area contributed by atoms with Crippen molar-refractivity contribution in [3.05, 3.63) is 100 Å². The number of benzene rings is 3.